The maximum atomic E-state index is 11.8. The summed E-state index contributed by atoms with van der Waals surface area (Å²) in [5, 5.41) is 0. The summed E-state index contributed by atoms with van der Waals surface area (Å²) in [4.78, 5) is 44.3. The third-order valence-corrected chi connectivity index (χ3v) is 3.05. The average molecular weight is 300 g/mol. The van der Waals surface area contributed by atoms with E-state index in [0.717, 1.165) is 0 Å². The van der Waals surface area contributed by atoms with Gasteiger partial charge >= 0.3 is 0 Å². The largest absolute Gasteiger partial charge is 0.369 e. The summed E-state index contributed by atoms with van der Waals surface area (Å²) in [5.41, 5.74) is 10.7. The number of nitrogens with two attached hydrogens (primary N) is 2. The number of aromatic nitrogens is 8. The lowest BCUT2D eigenvalue weighted by atomic mass is 10.5. The van der Waals surface area contributed by atoms with Gasteiger partial charge in [-0.25, -0.2) is 19.3 Å². The van der Waals surface area contributed by atoms with Gasteiger partial charge in [0.1, 0.15) is 12.7 Å². The molecule has 0 fully saturated rings. The molecule has 0 atom stereocenters. The van der Waals surface area contributed by atoms with E-state index in [1.54, 1.807) is 0 Å². The molecule has 0 saturated carbocycles. The molecule has 6 N–H and O–H groups in total. The van der Waals surface area contributed by atoms with E-state index in [9.17, 15) is 9.59 Å². The molecule has 4 aromatic heterocycles. The molecule has 110 valence electrons. The van der Waals surface area contributed by atoms with Gasteiger partial charge in [0.25, 0.3) is 11.1 Å². The monoisotopic (exact) mass is 300 g/mol. The smallest absolute Gasteiger partial charge is 0.280 e. The molecular weight excluding hydrogens is 292 g/mol. The van der Waals surface area contributed by atoms with Crippen LogP contribution in [0.3, 0.4) is 0 Å². The van der Waals surface area contributed by atoms with Crippen LogP contribution in [0.5, 0.6) is 0 Å². The Balaban J connectivity index is 2.12. The first kappa shape index (κ1) is 12.1. The maximum Gasteiger partial charge on any atom is 0.280 e. The van der Waals surface area contributed by atoms with Crippen molar-refractivity contribution in [1.29, 1.82) is 0 Å². The number of hydrogen-bond donors (Lipinski definition) is 4. The predicted molar refractivity (Wildman–Crippen MR) is 75.9 cm³/mol. The second-order valence-corrected chi connectivity index (χ2v) is 4.43. The van der Waals surface area contributed by atoms with Crippen LogP contribution in [-0.4, -0.2) is 39.3 Å². The van der Waals surface area contributed by atoms with Crippen LogP contribution in [0.2, 0.25) is 0 Å². The van der Waals surface area contributed by atoms with Crippen LogP contribution in [-0.2, 0) is 0 Å². The number of nitrogen functional groups attached to an aromatic ring is 2. The number of rotatable bonds is 1. The molecule has 22 heavy (non-hydrogen) atoms. The number of H-pyrrole nitrogens is 2. The van der Waals surface area contributed by atoms with Crippen molar-refractivity contribution >= 4 is 34.2 Å². The molecule has 12 heteroatoms. The molecule has 0 spiro atoms. The predicted octanol–water partition coefficient (Wildman–Crippen LogP) is -1.97. The molecule has 0 aliphatic carbocycles. The van der Waals surface area contributed by atoms with Crippen molar-refractivity contribution < 1.29 is 0 Å². The summed E-state index contributed by atoms with van der Waals surface area (Å²) in [6.45, 7) is 0. The van der Waals surface area contributed by atoms with E-state index in [4.69, 9.17) is 11.5 Å². The highest BCUT2D eigenvalue weighted by atomic mass is 16.1. The standard InChI is InChI=1S/C10H8N10O2/c11-9-15-5-3(7(21)17-9)13-1-19(5)20-2-14-4-6(20)16-10(12)18-8(4)22/h1-2H,(H3,11,15,17,21)(H3,12,16,18,22). The average Bonchev–Trinajstić information content (AvgIpc) is 3.02. The zero-order valence-corrected chi connectivity index (χ0v) is 10.8. The highest BCUT2D eigenvalue weighted by Crippen LogP contribution is 2.12. The topological polar surface area (TPSA) is 179 Å². The van der Waals surface area contributed by atoms with Crippen molar-refractivity contribution in [2.75, 3.05) is 11.5 Å². The van der Waals surface area contributed by atoms with E-state index < -0.39 is 11.1 Å². The quantitative estimate of drug-likeness (QED) is 0.312. The van der Waals surface area contributed by atoms with Crippen LogP contribution in [0.25, 0.3) is 22.3 Å². The first-order chi connectivity index (χ1) is 10.5. The van der Waals surface area contributed by atoms with Gasteiger partial charge in [-0.05, 0) is 0 Å². The summed E-state index contributed by atoms with van der Waals surface area (Å²) in [6, 6.07) is 0. The van der Waals surface area contributed by atoms with E-state index in [-0.39, 0.29) is 34.2 Å². The van der Waals surface area contributed by atoms with Crippen LogP contribution < -0.4 is 22.6 Å². The number of nitrogens with one attached hydrogen (secondary N) is 2. The molecule has 0 bridgehead atoms. The van der Waals surface area contributed by atoms with Gasteiger partial charge in [0.2, 0.25) is 11.9 Å². The maximum absolute atomic E-state index is 11.8. The molecule has 0 unspecified atom stereocenters. The van der Waals surface area contributed by atoms with Crippen LogP contribution in [0, 0.1) is 0 Å². The Kier molecular flexibility index (Phi) is 2.14. The Labute approximate surface area is 119 Å². The molecule has 0 aromatic carbocycles. The summed E-state index contributed by atoms with van der Waals surface area (Å²) in [5.74, 6) is -0.122. The summed E-state index contributed by atoms with van der Waals surface area (Å²) in [7, 11) is 0. The van der Waals surface area contributed by atoms with Gasteiger partial charge in [-0.15, -0.1) is 0 Å². The highest BCUT2D eigenvalue weighted by molar-refractivity contribution is 5.74. The second-order valence-electron chi connectivity index (χ2n) is 4.43. The van der Waals surface area contributed by atoms with E-state index in [2.05, 4.69) is 29.9 Å². The second kappa shape index (κ2) is 3.91. The minimum absolute atomic E-state index is 0.0611. The van der Waals surface area contributed by atoms with Crippen molar-refractivity contribution in [1.82, 2.24) is 39.3 Å². The first-order valence-corrected chi connectivity index (χ1v) is 6.01. The number of imidazole rings is 2. The highest BCUT2D eigenvalue weighted by Gasteiger charge is 2.15. The van der Waals surface area contributed by atoms with Gasteiger partial charge in [-0.2, -0.15) is 9.97 Å². The van der Waals surface area contributed by atoms with Crippen molar-refractivity contribution in [2.24, 2.45) is 0 Å². The number of fused-ring (bicyclic) bond motifs is 2. The molecule has 4 heterocycles. The van der Waals surface area contributed by atoms with Crippen molar-refractivity contribution in [3.8, 4) is 0 Å². The molecule has 0 radical (unpaired) electrons. The van der Waals surface area contributed by atoms with Crippen molar-refractivity contribution in [3.63, 3.8) is 0 Å². The van der Waals surface area contributed by atoms with Gasteiger partial charge in [0.05, 0.1) is 0 Å². The fourth-order valence-corrected chi connectivity index (χ4v) is 2.15. The number of nitrogens with zero attached hydrogens (tertiary/aromatic N) is 6. The van der Waals surface area contributed by atoms with Crippen LogP contribution >= 0.6 is 0 Å². The lowest BCUT2D eigenvalue weighted by Gasteiger charge is -2.05. The molecular formula is C10H8N10O2. The minimum Gasteiger partial charge on any atom is -0.369 e. The van der Waals surface area contributed by atoms with E-state index in [1.807, 2.05) is 0 Å². The molecule has 4 rings (SSSR count). The van der Waals surface area contributed by atoms with Crippen molar-refractivity contribution in [3.05, 3.63) is 33.4 Å². The van der Waals surface area contributed by atoms with Crippen LogP contribution in [0.15, 0.2) is 22.2 Å². The molecule has 12 nitrogen and oxygen atoms in total. The summed E-state index contributed by atoms with van der Waals surface area (Å²) in [6.07, 6.45) is 2.68. The number of aromatic amines is 2. The SMILES string of the molecule is Nc1nc2c(ncn2-n2cnc3c(=O)[nH]c(N)nc32)c(=O)[nH]1. The van der Waals surface area contributed by atoms with Crippen LogP contribution in [0.1, 0.15) is 0 Å². The zero-order chi connectivity index (χ0) is 15.4. The Morgan fingerprint density at radius 2 is 1.23 bits per heavy atom. The Morgan fingerprint density at radius 1 is 0.818 bits per heavy atom. The Bertz CT molecular complexity index is 1050. The fourth-order valence-electron chi connectivity index (χ4n) is 2.15. The minimum atomic E-state index is -0.476. The van der Waals surface area contributed by atoms with Gasteiger partial charge in [-0.1, -0.05) is 0 Å². The Morgan fingerprint density at radius 3 is 1.64 bits per heavy atom. The number of hydrogen-bond acceptors (Lipinski definition) is 8. The zero-order valence-electron chi connectivity index (χ0n) is 10.8. The van der Waals surface area contributed by atoms with Gasteiger partial charge in [-0.3, -0.25) is 19.6 Å². The normalized spacial score (nSPS) is 11.5. The first-order valence-electron chi connectivity index (χ1n) is 6.01. The molecule has 4 aromatic rings. The lowest BCUT2D eigenvalue weighted by Crippen LogP contribution is -2.16. The summed E-state index contributed by atoms with van der Waals surface area (Å²) >= 11 is 0. The third kappa shape index (κ3) is 1.51. The van der Waals surface area contributed by atoms with E-state index in [1.165, 1.54) is 22.0 Å². The van der Waals surface area contributed by atoms with E-state index in [0.29, 0.717) is 0 Å². The molecule has 0 saturated heterocycles. The molecule has 0 amide bonds. The fraction of sp³-hybridized carbons (Fsp3) is 0. The van der Waals surface area contributed by atoms with Gasteiger partial charge in [0.15, 0.2) is 22.3 Å². The Hall–Kier alpha value is -3.70. The lowest BCUT2D eigenvalue weighted by molar-refractivity contribution is 0.688. The molecule has 0 aliphatic rings. The van der Waals surface area contributed by atoms with Crippen molar-refractivity contribution in [2.45, 2.75) is 0 Å². The van der Waals surface area contributed by atoms with Crippen LogP contribution in [0.4, 0.5) is 11.9 Å². The molecule has 0 aliphatic heterocycles. The van der Waals surface area contributed by atoms with Gasteiger partial charge < -0.3 is 11.5 Å². The number of anilines is 2. The summed E-state index contributed by atoms with van der Waals surface area (Å²) < 4.78 is 2.78. The van der Waals surface area contributed by atoms with Gasteiger partial charge in [0, 0.05) is 0 Å². The third-order valence-electron chi connectivity index (χ3n) is 3.05. The van der Waals surface area contributed by atoms with E-state index >= 15 is 0 Å².